The van der Waals surface area contributed by atoms with E-state index in [0.29, 0.717) is 18.5 Å². The quantitative estimate of drug-likeness (QED) is 0.279. The summed E-state index contributed by atoms with van der Waals surface area (Å²) in [6.45, 7) is 13.3. The maximum atomic E-state index is 13.5. The summed E-state index contributed by atoms with van der Waals surface area (Å²) in [5, 5.41) is 5.32. The van der Waals surface area contributed by atoms with Gasteiger partial charge in [-0.25, -0.2) is 4.79 Å². The van der Waals surface area contributed by atoms with Gasteiger partial charge in [-0.05, 0) is 59.1 Å². The van der Waals surface area contributed by atoms with Crippen LogP contribution in [0, 0.1) is 13.8 Å². The fraction of sp³-hybridized carbons (Fsp3) is 0.643. The second kappa shape index (κ2) is 15.9. The minimum absolute atomic E-state index is 0.0316. The van der Waals surface area contributed by atoms with Crippen LogP contribution in [0.3, 0.4) is 0 Å². The van der Waals surface area contributed by atoms with Crippen molar-refractivity contribution in [2.24, 2.45) is 0 Å². The number of hydrogen-bond donors (Lipinski definition) is 2. The van der Waals surface area contributed by atoms with Crippen molar-refractivity contribution in [3.05, 3.63) is 34.9 Å². The molecule has 0 saturated carbocycles. The molecule has 0 saturated heterocycles. The summed E-state index contributed by atoms with van der Waals surface area (Å²) >= 11 is 0. The summed E-state index contributed by atoms with van der Waals surface area (Å²) in [5.74, 6) is -1.19. The number of carbonyl (C=O) groups is 4. The van der Waals surface area contributed by atoms with Crippen molar-refractivity contribution in [3.8, 4) is 0 Å². The topological polar surface area (TPSA) is 114 Å². The van der Waals surface area contributed by atoms with Gasteiger partial charge >= 0.3 is 12.1 Å². The van der Waals surface area contributed by atoms with Crippen LogP contribution >= 0.6 is 0 Å². The van der Waals surface area contributed by atoms with Crippen LogP contribution in [0.1, 0.15) is 89.5 Å². The highest BCUT2D eigenvalue weighted by atomic mass is 16.6. The Balaban J connectivity index is 3.22. The molecule has 0 aliphatic carbocycles. The maximum Gasteiger partial charge on any atom is 0.408 e. The number of amides is 3. The van der Waals surface area contributed by atoms with E-state index in [1.54, 1.807) is 27.7 Å². The van der Waals surface area contributed by atoms with Crippen molar-refractivity contribution >= 4 is 23.9 Å². The molecule has 9 nitrogen and oxygen atoms in total. The van der Waals surface area contributed by atoms with E-state index in [2.05, 4.69) is 17.6 Å². The molecule has 0 aliphatic heterocycles. The van der Waals surface area contributed by atoms with Gasteiger partial charge in [0.1, 0.15) is 18.2 Å². The van der Waals surface area contributed by atoms with Crippen LogP contribution in [-0.2, 0) is 23.9 Å². The monoisotopic (exact) mass is 519 g/mol. The van der Waals surface area contributed by atoms with Gasteiger partial charge in [0, 0.05) is 13.1 Å². The molecule has 3 amide bonds. The van der Waals surface area contributed by atoms with Crippen LogP contribution in [0.2, 0.25) is 0 Å². The third kappa shape index (κ3) is 12.1. The molecule has 9 heteroatoms. The fourth-order valence-corrected chi connectivity index (χ4v) is 3.87. The largest absolute Gasteiger partial charge is 0.466 e. The van der Waals surface area contributed by atoms with Gasteiger partial charge in [-0.2, -0.15) is 0 Å². The summed E-state index contributed by atoms with van der Waals surface area (Å²) in [6, 6.07) is 4.80. The molecule has 0 heterocycles. The van der Waals surface area contributed by atoms with Crippen molar-refractivity contribution in [1.29, 1.82) is 0 Å². The van der Waals surface area contributed by atoms with Gasteiger partial charge in [0.25, 0.3) is 0 Å². The number of ether oxygens (including phenoxy) is 2. The molecule has 0 aliphatic rings. The fourth-order valence-electron chi connectivity index (χ4n) is 3.87. The zero-order chi connectivity index (χ0) is 28.0. The summed E-state index contributed by atoms with van der Waals surface area (Å²) < 4.78 is 10.2. The van der Waals surface area contributed by atoms with Crippen LogP contribution in [0.5, 0.6) is 0 Å². The van der Waals surface area contributed by atoms with Crippen LogP contribution < -0.4 is 10.6 Å². The van der Waals surface area contributed by atoms with E-state index in [1.165, 1.54) is 4.90 Å². The lowest BCUT2D eigenvalue weighted by atomic mass is 9.96. The molecule has 1 rings (SSSR count). The Hall–Kier alpha value is -3.10. The summed E-state index contributed by atoms with van der Waals surface area (Å²) in [5.41, 5.74) is 1.90. The molecule has 1 atom stereocenters. The standard InChI is InChI=1S/C28H45N3O6/c1-8-10-11-12-17-31(23(32)19-30-27(35)37-28(5,6)7)25(22-14-13-20(3)18-21(22)4)26(34)29-16-15-24(33)36-9-2/h13-14,18,25H,8-12,15-17,19H2,1-7H3,(H,29,34)(H,30,35). The number of hydrogen-bond acceptors (Lipinski definition) is 6. The van der Waals surface area contributed by atoms with Gasteiger partial charge in [-0.15, -0.1) is 0 Å². The van der Waals surface area contributed by atoms with Gasteiger partial charge in [-0.1, -0.05) is 49.9 Å². The number of unbranched alkanes of at least 4 members (excludes halogenated alkanes) is 3. The van der Waals surface area contributed by atoms with Crippen molar-refractivity contribution < 1.29 is 28.7 Å². The summed E-state index contributed by atoms with van der Waals surface area (Å²) in [4.78, 5) is 52.4. The lowest BCUT2D eigenvalue weighted by molar-refractivity contribution is -0.143. The average molecular weight is 520 g/mol. The molecular weight excluding hydrogens is 474 g/mol. The Morgan fingerprint density at radius 2 is 1.70 bits per heavy atom. The Bertz CT molecular complexity index is 910. The molecule has 0 aromatic heterocycles. The first kappa shape index (κ1) is 31.9. The zero-order valence-electron chi connectivity index (χ0n) is 23.6. The summed E-state index contributed by atoms with van der Waals surface area (Å²) in [6.07, 6.45) is 2.99. The van der Waals surface area contributed by atoms with Crippen LogP contribution in [0.4, 0.5) is 4.79 Å². The number of esters is 1. The Morgan fingerprint density at radius 1 is 1.00 bits per heavy atom. The van der Waals surface area contributed by atoms with Crippen molar-refractivity contribution in [1.82, 2.24) is 15.5 Å². The molecule has 0 spiro atoms. The van der Waals surface area contributed by atoms with Crippen molar-refractivity contribution in [2.45, 2.75) is 92.2 Å². The Morgan fingerprint density at radius 3 is 2.30 bits per heavy atom. The number of carbonyl (C=O) groups excluding carboxylic acids is 4. The molecule has 0 radical (unpaired) electrons. The Labute approximate surface area is 221 Å². The molecule has 1 aromatic rings. The molecule has 37 heavy (non-hydrogen) atoms. The number of aryl methyl sites for hydroxylation is 2. The highest BCUT2D eigenvalue weighted by molar-refractivity contribution is 5.91. The minimum atomic E-state index is -0.919. The molecule has 1 aromatic carbocycles. The van der Waals surface area contributed by atoms with Crippen molar-refractivity contribution in [2.75, 3.05) is 26.2 Å². The van der Waals surface area contributed by atoms with Crippen LogP contribution in [-0.4, -0.2) is 60.6 Å². The molecule has 0 fully saturated rings. The minimum Gasteiger partial charge on any atom is -0.466 e. The highest BCUT2D eigenvalue weighted by Crippen LogP contribution is 2.26. The number of alkyl carbamates (subject to hydrolysis) is 1. The van der Waals surface area contributed by atoms with E-state index >= 15 is 0 Å². The lowest BCUT2D eigenvalue weighted by Crippen LogP contribution is -2.48. The second-order valence-electron chi connectivity index (χ2n) is 10.1. The van der Waals surface area contributed by atoms with Crippen LogP contribution in [0.25, 0.3) is 0 Å². The Kier molecular flexibility index (Phi) is 13.7. The smallest absolute Gasteiger partial charge is 0.408 e. The third-order valence-corrected chi connectivity index (χ3v) is 5.57. The van der Waals surface area contributed by atoms with E-state index in [0.717, 1.165) is 30.4 Å². The van der Waals surface area contributed by atoms with Crippen molar-refractivity contribution in [3.63, 3.8) is 0 Å². The second-order valence-corrected chi connectivity index (χ2v) is 10.1. The molecule has 0 bridgehead atoms. The summed E-state index contributed by atoms with van der Waals surface area (Å²) in [7, 11) is 0. The van der Waals surface area contributed by atoms with E-state index < -0.39 is 35.5 Å². The average Bonchev–Trinajstić information content (AvgIpc) is 2.79. The first-order chi connectivity index (χ1) is 17.4. The van der Waals surface area contributed by atoms with E-state index in [4.69, 9.17) is 9.47 Å². The number of nitrogens with zero attached hydrogens (tertiary/aromatic N) is 1. The SMILES string of the molecule is CCCCCCN(C(=O)CNC(=O)OC(C)(C)C)C(C(=O)NCCC(=O)OCC)c1ccc(C)cc1C. The molecule has 208 valence electrons. The van der Waals surface area contributed by atoms with E-state index in [9.17, 15) is 19.2 Å². The molecule has 1 unspecified atom stereocenters. The van der Waals surface area contributed by atoms with Gasteiger partial charge in [0.05, 0.1) is 13.0 Å². The number of benzene rings is 1. The van der Waals surface area contributed by atoms with Gasteiger partial charge in [0.15, 0.2) is 0 Å². The van der Waals surface area contributed by atoms with Gasteiger partial charge in [0.2, 0.25) is 11.8 Å². The lowest BCUT2D eigenvalue weighted by Gasteiger charge is -2.32. The zero-order valence-corrected chi connectivity index (χ0v) is 23.6. The maximum absolute atomic E-state index is 13.5. The third-order valence-electron chi connectivity index (χ3n) is 5.57. The highest BCUT2D eigenvalue weighted by Gasteiger charge is 2.32. The predicted molar refractivity (Wildman–Crippen MR) is 143 cm³/mol. The van der Waals surface area contributed by atoms with E-state index in [-0.39, 0.29) is 26.1 Å². The van der Waals surface area contributed by atoms with Gasteiger partial charge in [-0.3, -0.25) is 14.4 Å². The number of rotatable bonds is 14. The number of nitrogens with one attached hydrogen (secondary N) is 2. The van der Waals surface area contributed by atoms with Gasteiger partial charge < -0.3 is 25.0 Å². The normalized spacial score (nSPS) is 11.9. The first-order valence-electron chi connectivity index (χ1n) is 13.2. The molecular formula is C28H45N3O6. The van der Waals surface area contributed by atoms with E-state index in [1.807, 2.05) is 32.0 Å². The van der Waals surface area contributed by atoms with Crippen LogP contribution in [0.15, 0.2) is 18.2 Å². The predicted octanol–water partition coefficient (Wildman–Crippen LogP) is 4.35. The first-order valence-corrected chi connectivity index (χ1v) is 13.2. The molecule has 2 N–H and O–H groups in total.